The highest BCUT2D eigenvalue weighted by Crippen LogP contribution is 2.29. The summed E-state index contributed by atoms with van der Waals surface area (Å²) in [5.74, 6) is 0.635. The number of likely N-dealkylation sites (tertiary alicyclic amines) is 1. The van der Waals surface area contributed by atoms with Crippen molar-refractivity contribution < 1.29 is 0 Å². The number of thiazole rings is 1. The van der Waals surface area contributed by atoms with Gasteiger partial charge in [0.1, 0.15) is 0 Å². The summed E-state index contributed by atoms with van der Waals surface area (Å²) in [6.07, 6.45) is 7.40. The molecule has 3 rings (SSSR count). The van der Waals surface area contributed by atoms with Crippen LogP contribution in [0.4, 0.5) is 11.1 Å². The van der Waals surface area contributed by atoms with Gasteiger partial charge in [-0.3, -0.25) is 4.90 Å². The first-order chi connectivity index (χ1) is 9.72. The quantitative estimate of drug-likeness (QED) is 0.940. The number of nitrogens with one attached hydrogen (secondary N) is 1. The molecule has 0 aliphatic carbocycles. The first-order valence-corrected chi connectivity index (χ1v) is 7.76. The topological polar surface area (TPSA) is 53.9 Å². The van der Waals surface area contributed by atoms with Crippen LogP contribution in [0.3, 0.4) is 0 Å². The first kappa shape index (κ1) is 13.5. The predicted molar refractivity (Wildman–Crippen MR) is 81.4 cm³/mol. The van der Waals surface area contributed by atoms with Crippen molar-refractivity contribution in [3.63, 3.8) is 0 Å². The molecule has 0 aromatic carbocycles. The van der Waals surface area contributed by atoms with Crippen LogP contribution in [0, 0.1) is 6.92 Å². The molecule has 0 bridgehead atoms. The number of aromatic nitrogens is 3. The Hall–Kier alpha value is -1.53. The van der Waals surface area contributed by atoms with Crippen molar-refractivity contribution >= 4 is 22.4 Å². The second-order valence-corrected chi connectivity index (χ2v) is 6.43. The number of piperidine rings is 1. The second kappa shape index (κ2) is 5.85. The summed E-state index contributed by atoms with van der Waals surface area (Å²) in [5, 5.41) is 4.03. The lowest BCUT2D eigenvalue weighted by Gasteiger charge is -2.31. The van der Waals surface area contributed by atoms with Crippen molar-refractivity contribution in [3.8, 4) is 0 Å². The summed E-state index contributed by atoms with van der Waals surface area (Å²) in [6.45, 7) is 3.18. The molecule has 0 radical (unpaired) electrons. The van der Waals surface area contributed by atoms with E-state index < -0.39 is 0 Å². The number of anilines is 2. The van der Waals surface area contributed by atoms with Gasteiger partial charge in [0.25, 0.3) is 0 Å². The van der Waals surface area contributed by atoms with Crippen LogP contribution in [-0.2, 0) is 0 Å². The maximum absolute atomic E-state index is 4.65. The highest BCUT2D eigenvalue weighted by atomic mass is 32.1. The van der Waals surface area contributed by atoms with Crippen LogP contribution in [0.25, 0.3) is 0 Å². The molecule has 1 aliphatic heterocycles. The van der Waals surface area contributed by atoms with E-state index in [-0.39, 0.29) is 0 Å². The van der Waals surface area contributed by atoms with Crippen LogP contribution in [0.15, 0.2) is 18.5 Å². The lowest BCUT2D eigenvalue weighted by Crippen LogP contribution is -2.30. The molecular formula is C14H19N5S. The van der Waals surface area contributed by atoms with Gasteiger partial charge in [0, 0.05) is 17.3 Å². The van der Waals surface area contributed by atoms with Crippen molar-refractivity contribution in [3.05, 3.63) is 29.0 Å². The SMILES string of the molecule is Cc1cnc(Nc2nccc([C@@H]3CCCCN3C)n2)s1. The molecule has 2 aromatic heterocycles. The van der Waals surface area contributed by atoms with Gasteiger partial charge in [-0.2, -0.15) is 0 Å². The minimum atomic E-state index is 0.408. The molecule has 6 heteroatoms. The molecule has 1 saturated heterocycles. The maximum Gasteiger partial charge on any atom is 0.229 e. The average Bonchev–Trinajstić information content (AvgIpc) is 2.85. The fourth-order valence-corrected chi connectivity index (χ4v) is 3.23. The molecule has 0 spiro atoms. The Morgan fingerprint density at radius 1 is 1.35 bits per heavy atom. The van der Waals surface area contributed by atoms with Crippen molar-refractivity contribution in [2.45, 2.75) is 32.2 Å². The number of aryl methyl sites for hydroxylation is 1. The van der Waals surface area contributed by atoms with Crippen LogP contribution < -0.4 is 5.32 Å². The van der Waals surface area contributed by atoms with E-state index in [1.165, 1.54) is 24.1 Å². The van der Waals surface area contributed by atoms with Gasteiger partial charge in [-0.25, -0.2) is 15.0 Å². The van der Waals surface area contributed by atoms with E-state index in [0.29, 0.717) is 12.0 Å². The molecule has 1 N–H and O–H groups in total. The predicted octanol–water partition coefficient (Wildman–Crippen LogP) is 3.14. The Morgan fingerprint density at radius 2 is 2.25 bits per heavy atom. The molecule has 106 valence electrons. The Bertz CT molecular complexity index is 582. The zero-order valence-electron chi connectivity index (χ0n) is 11.8. The monoisotopic (exact) mass is 289 g/mol. The Morgan fingerprint density at radius 3 is 3.00 bits per heavy atom. The highest BCUT2D eigenvalue weighted by molar-refractivity contribution is 7.15. The summed E-state index contributed by atoms with van der Waals surface area (Å²) in [5.41, 5.74) is 1.10. The summed E-state index contributed by atoms with van der Waals surface area (Å²) in [4.78, 5) is 16.8. The lowest BCUT2D eigenvalue weighted by atomic mass is 10.00. The third-order valence-corrected chi connectivity index (χ3v) is 4.46. The molecule has 1 fully saturated rings. The largest absolute Gasteiger partial charge is 0.300 e. The zero-order valence-corrected chi connectivity index (χ0v) is 12.7. The van der Waals surface area contributed by atoms with Gasteiger partial charge in [0.15, 0.2) is 5.13 Å². The van der Waals surface area contributed by atoms with Gasteiger partial charge in [0.05, 0.1) is 11.7 Å². The van der Waals surface area contributed by atoms with Crippen molar-refractivity contribution in [2.75, 3.05) is 18.9 Å². The fourth-order valence-electron chi connectivity index (χ4n) is 2.58. The number of hydrogen-bond acceptors (Lipinski definition) is 6. The molecule has 0 saturated carbocycles. The summed E-state index contributed by atoms with van der Waals surface area (Å²) in [6, 6.07) is 2.43. The van der Waals surface area contributed by atoms with Crippen molar-refractivity contribution in [1.29, 1.82) is 0 Å². The number of hydrogen-bond donors (Lipinski definition) is 1. The molecule has 0 amide bonds. The fraction of sp³-hybridized carbons (Fsp3) is 0.500. The van der Waals surface area contributed by atoms with Crippen molar-refractivity contribution in [1.82, 2.24) is 19.9 Å². The van der Waals surface area contributed by atoms with Crippen LogP contribution in [0.1, 0.15) is 35.9 Å². The Kier molecular flexibility index (Phi) is 3.93. The molecular weight excluding hydrogens is 270 g/mol. The summed E-state index contributed by atoms with van der Waals surface area (Å²) >= 11 is 1.61. The van der Waals surface area contributed by atoms with Crippen molar-refractivity contribution in [2.24, 2.45) is 0 Å². The molecule has 0 unspecified atom stereocenters. The van der Waals surface area contributed by atoms with Gasteiger partial charge in [-0.1, -0.05) is 6.42 Å². The van der Waals surface area contributed by atoms with Crippen LogP contribution >= 0.6 is 11.3 Å². The Labute approximate surface area is 123 Å². The van der Waals surface area contributed by atoms with Gasteiger partial charge < -0.3 is 5.32 Å². The second-order valence-electron chi connectivity index (χ2n) is 5.20. The lowest BCUT2D eigenvalue weighted by molar-refractivity contribution is 0.183. The van der Waals surface area contributed by atoms with Crippen LogP contribution in [0.5, 0.6) is 0 Å². The molecule has 1 atom stereocenters. The zero-order chi connectivity index (χ0) is 13.9. The first-order valence-electron chi connectivity index (χ1n) is 6.95. The van der Waals surface area contributed by atoms with E-state index in [0.717, 1.165) is 17.4 Å². The molecule has 20 heavy (non-hydrogen) atoms. The molecule has 1 aliphatic rings. The smallest absolute Gasteiger partial charge is 0.229 e. The van der Waals surface area contributed by atoms with E-state index in [1.807, 2.05) is 25.4 Å². The van der Waals surface area contributed by atoms with Gasteiger partial charge in [-0.15, -0.1) is 11.3 Å². The number of rotatable bonds is 3. The van der Waals surface area contributed by atoms with E-state index in [4.69, 9.17) is 0 Å². The third-order valence-electron chi connectivity index (χ3n) is 3.63. The van der Waals surface area contributed by atoms with E-state index in [1.54, 1.807) is 11.3 Å². The number of nitrogens with zero attached hydrogens (tertiary/aromatic N) is 4. The maximum atomic E-state index is 4.65. The van der Waals surface area contributed by atoms with Gasteiger partial charge >= 0.3 is 0 Å². The average molecular weight is 289 g/mol. The Balaban J connectivity index is 1.78. The molecule has 5 nitrogen and oxygen atoms in total. The highest BCUT2D eigenvalue weighted by Gasteiger charge is 2.22. The normalized spacial score (nSPS) is 20.0. The minimum absolute atomic E-state index is 0.408. The summed E-state index contributed by atoms with van der Waals surface area (Å²) < 4.78 is 0. The van der Waals surface area contributed by atoms with Gasteiger partial charge in [-0.05, 0) is 39.4 Å². The van der Waals surface area contributed by atoms with E-state index in [2.05, 4.69) is 32.2 Å². The molecule has 2 aromatic rings. The van der Waals surface area contributed by atoms with Crippen LogP contribution in [-0.4, -0.2) is 33.4 Å². The summed E-state index contributed by atoms with van der Waals surface area (Å²) in [7, 11) is 2.17. The van der Waals surface area contributed by atoms with E-state index >= 15 is 0 Å². The third kappa shape index (κ3) is 2.96. The van der Waals surface area contributed by atoms with E-state index in [9.17, 15) is 0 Å². The standard InChI is InChI=1S/C14H19N5S/c1-10-9-16-14(20-10)18-13-15-7-6-11(17-13)12-5-3-4-8-19(12)2/h6-7,9,12H,3-5,8H2,1-2H3,(H,15,16,17,18)/t12-/m0/s1. The minimum Gasteiger partial charge on any atom is -0.300 e. The van der Waals surface area contributed by atoms with Gasteiger partial charge in [0.2, 0.25) is 5.95 Å². The van der Waals surface area contributed by atoms with Crippen LogP contribution in [0.2, 0.25) is 0 Å². The molecule has 3 heterocycles.